The fourth-order valence-electron chi connectivity index (χ4n) is 1.73. The maximum absolute atomic E-state index is 12.2. The van der Waals surface area contributed by atoms with E-state index in [0.717, 1.165) is 27.2 Å². The van der Waals surface area contributed by atoms with Crippen molar-refractivity contribution in [3.63, 3.8) is 0 Å². The lowest BCUT2D eigenvalue weighted by Gasteiger charge is -2.13. The van der Waals surface area contributed by atoms with Crippen LogP contribution in [-0.2, 0) is 0 Å². The van der Waals surface area contributed by atoms with Crippen LogP contribution in [0.3, 0.4) is 0 Å². The van der Waals surface area contributed by atoms with E-state index in [1.807, 2.05) is 44.2 Å². The zero-order valence-electron chi connectivity index (χ0n) is 12.3. The van der Waals surface area contributed by atoms with E-state index in [0.29, 0.717) is 4.88 Å². The van der Waals surface area contributed by atoms with Crippen LogP contribution in [0, 0.1) is 6.92 Å². The second-order valence-electron chi connectivity index (χ2n) is 4.89. The summed E-state index contributed by atoms with van der Waals surface area (Å²) in [6, 6.07) is 9.36. The first-order valence-corrected chi connectivity index (χ1v) is 8.44. The van der Waals surface area contributed by atoms with Gasteiger partial charge in [0.1, 0.15) is 5.75 Å². The van der Waals surface area contributed by atoms with Crippen molar-refractivity contribution in [3.05, 3.63) is 44.6 Å². The second-order valence-corrected chi connectivity index (χ2v) is 7.26. The topological polar surface area (TPSA) is 38.3 Å². The number of anilines is 1. The molecule has 1 unspecified atom stereocenters. The molecule has 0 aliphatic carbocycles. The summed E-state index contributed by atoms with van der Waals surface area (Å²) in [6.07, 6.45) is 1.10. The molecule has 1 heterocycles. The largest absolute Gasteiger partial charge is 0.491 e. The van der Waals surface area contributed by atoms with E-state index in [2.05, 4.69) is 28.2 Å². The van der Waals surface area contributed by atoms with Crippen molar-refractivity contribution in [1.29, 1.82) is 0 Å². The van der Waals surface area contributed by atoms with Crippen molar-refractivity contribution in [3.8, 4) is 5.75 Å². The number of halogens is 1. The van der Waals surface area contributed by atoms with E-state index in [1.54, 1.807) is 0 Å². The predicted octanol–water partition coefficient (Wildman–Crippen LogP) is 5.25. The molecule has 0 aliphatic rings. The quantitative estimate of drug-likeness (QED) is 0.783. The van der Waals surface area contributed by atoms with E-state index in [9.17, 15) is 4.79 Å². The standard InChI is InChI=1S/C16H18BrNO2S/c1-4-11(3)20-13-7-5-6-12(9-13)18-16(19)14-8-10(2)15(17)21-14/h5-9,11H,4H2,1-3H3,(H,18,19). The van der Waals surface area contributed by atoms with Gasteiger partial charge in [0.05, 0.1) is 14.8 Å². The summed E-state index contributed by atoms with van der Waals surface area (Å²) in [5.74, 6) is 0.667. The molecule has 0 spiro atoms. The minimum atomic E-state index is -0.102. The zero-order valence-corrected chi connectivity index (χ0v) is 14.7. The number of rotatable bonds is 5. The second kappa shape index (κ2) is 7.09. The van der Waals surface area contributed by atoms with Crippen molar-refractivity contribution in [2.45, 2.75) is 33.3 Å². The average Bonchev–Trinajstić information content (AvgIpc) is 2.79. The third-order valence-electron chi connectivity index (χ3n) is 3.09. The van der Waals surface area contributed by atoms with Gasteiger partial charge in [-0.1, -0.05) is 13.0 Å². The van der Waals surface area contributed by atoms with Crippen molar-refractivity contribution in [2.24, 2.45) is 0 Å². The first-order valence-electron chi connectivity index (χ1n) is 6.83. The number of hydrogen-bond acceptors (Lipinski definition) is 3. The summed E-state index contributed by atoms with van der Waals surface area (Å²) in [6.45, 7) is 6.07. The van der Waals surface area contributed by atoms with Gasteiger partial charge in [0.15, 0.2) is 0 Å². The molecular formula is C16H18BrNO2S. The van der Waals surface area contributed by atoms with Crippen LogP contribution in [0.5, 0.6) is 5.75 Å². The van der Waals surface area contributed by atoms with Crippen LogP contribution in [0.1, 0.15) is 35.5 Å². The van der Waals surface area contributed by atoms with Crippen LogP contribution in [0.15, 0.2) is 34.1 Å². The van der Waals surface area contributed by atoms with Crippen molar-refractivity contribution >= 4 is 38.9 Å². The number of carbonyl (C=O) groups is 1. The molecule has 0 radical (unpaired) electrons. The van der Waals surface area contributed by atoms with Crippen LogP contribution in [0.2, 0.25) is 0 Å². The van der Waals surface area contributed by atoms with Crippen LogP contribution >= 0.6 is 27.3 Å². The third-order valence-corrected chi connectivity index (χ3v) is 5.22. The highest BCUT2D eigenvalue weighted by Gasteiger charge is 2.12. The molecule has 0 saturated heterocycles. The minimum Gasteiger partial charge on any atom is -0.491 e. The van der Waals surface area contributed by atoms with Gasteiger partial charge in [0.2, 0.25) is 0 Å². The van der Waals surface area contributed by atoms with Gasteiger partial charge in [-0.15, -0.1) is 11.3 Å². The van der Waals surface area contributed by atoms with E-state index >= 15 is 0 Å². The lowest BCUT2D eigenvalue weighted by molar-refractivity contribution is 0.103. The molecule has 0 fully saturated rings. The fraction of sp³-hybridized carbons (Fsp3) is 0.312. The molecule has 1 aromatic carbocycles. The SMILES string of the molecule is CCC(C)Oc1cccc(NC(=O)c2cc(C)c(Br)s2)c1. The molecule has 1 N–H and O–H groups in total. The minimum absolute atomic E-state index is 0.102. The molecule has 2 rings (SSSR count). The van der Waals surface area contributed by atoms with E-state index < -0.39 is 0 Å². The van der Waals surface area contributed by atoms with E-state index in [4.69, 9.17) is 4.74 Å². The van der Waals surface area contributed by atoms with Crippen molar-refractivity contribution in [1.82, 2.24) is 0 Å². The highest BCUT2D eigenvalue weighted by atomic mass is 79.9. The van der Waals surface area contributed by atoms with Gasteiger partial charge in [0, 0.05) is 11.8 Å². The summed E-state index contributed by atoms with van der Waals surface area (Å²) >= 11 is 4.87. The molecule has 112 valence electrons. The molecule has 3 nitrogen and oxygen atoms in total. The van der Waals surface area contributed by atoms with Gasteiger partial charge in [-0.3, -0.25) is 4.79 Å². The lowest BCUT2D eigenvalue weighted by Crippen LogP contribution is -2.12. The Balaban J connectivity index is 2.08. The Labute approximate surface area is 137 Å². The number of amides is 1. The van der Waals surface area contributed by atoms with Crippen molar-refractivity contribution in [2.75, 3.05) is 5.32 Å². The van der Waals surface area contributed by atoms with Gasteiger partial charge in [-0.05, 0) is 60.0 Å². The number of hydrogen-bond donors (Lipinski definition) is 1. The summed E-state index contributed by atoms with van der Waals surface area (Å²) < 4.78 is 6.75. The average molecular weight is 368 g/mol. The highest BCUT2D eigenvalue weighted by Crippen LogP contribution is 2.28. The number of aryl methyl sites for hydroxylation is 1. The summed E-state index contributed by atoms with van der Waals surface area (Å²) in [4.78, 5) is 12.9. The molecular weight excluding hydrogens is 350 g/mol. The van der Waals surface area contributed by atoms with Crippen LogP contribution in [0.4, 0.5) is 5.69 Å². The smallest absolute Gasteiger partial charge is 0.265 e. The molecule has 1 amide bonds. The maximum atomic E-state index is 12.2. The lowest BCUT2D eigenvalue weighted by atomic mass is 10.2. The fourth-order valence-corrected chi connectivity index (χ4v) is 3.16. The number of ether oxygens (including phenoxy) is 1. The van der Waals surface area contributed by atoms with Gasteiger partial charge >= 0.3 is 0 Å². The Morgan fingerprint density at radius 3 is 2.81 bits per heavy atom. The first kappa shape index (κ1) is 16.0. The van der Waals surface area contributed by atoms with Crippen molar-refractivity contribution < 1.29 is 9.53 Å². The molecule has 21 heavy (non-hydrogen) atoms. The Morgan fingerprint density at radius 2 is 2.19 bits per heavy atom. The predicted molar refractivity (Wildman–Crippen MR) is 91.5 cm³/mol. The Bertz CT molecular complexity index is 619. The van der Waals surface area contributed by atoms with E-state index in [1.165, 1.54) is 11.3 Å². The third kappa shape index (κ3) is 4.32. The number of thiophene rings is 1. The summed E-state index contributed by atoms with van der Waals surface area (Å²) in [5, 5.41) is 2.90. The molecule has 1 aromatic heterocycles. The Hall–Kier alpha value is -1.33. The molecule has 0 aliphatic heterocycles. The van der Waals surface area contributed by atoms with Gasteiger partial charge in [0.25, 0.3) is 5.91 Å². The van der Waals surface area contributed by atoms with Crippen LogP contribution < -0.4 is 10.1 Å². The molecule has 2 aromatic rings. The number of carbonyl (C=O) groups excluding carboxylic acids is 1. The number of benzene rings is 1. The highest BCUT2D eigenvalue weighted by molar-refractivity contribution is 9.11. The molecule has 0 saturated carbocycles. The van der Waals surface area contributed by atoms with Gasteiger partial charge in [-0.25, -0.2) is 0 Å². The van der Waals surface area contributed by atoms with Crippen LogP contribution in [0.25, 0.3) is 0 Å². The number of nitrogens with one attached hydrogen (secondary N) is 1. The summed E-state index contributed by atoms with van der Waals surface area (Å²) in [5.41, 5.74) is 1.81. The monoisotopic (exact) mass is 367 g/mol. The Morgan fingerprint density at radius 1 is 1.43 bits per heavy atom. The van der Waals surface area contributed by atoms with Crippen LogP contribution in [-0.4, -0.2) is 12.0 Å². The maximum Gasteiger partial charge on any atom is 0.265 e. The summed E-state index contributed by atoms with van der Waals surface area (Å²) in [7, 11) is 0. The van der Waals surface area contributed by atoms with Gasteiger partial charge in [-0.2, -0.15) is 0 Å². The Kier molecular flexibility index (Phi) is 5.42. The molecule has 0 bridgehead atoms. The molecule has 5 heteroatoms. The molecule has 1 atom stereocenters. The normalized spacial score (nSPS) is 12.0. The van der Waals surface area contributed by atoms with E-state index in [-0.39, 0.29) is 12.0 Å². The zero-order chi connectivity index (χ0) is 15.4. The van der Waals surface area contributed by atoms with Gasteiger partial charge < -0.3 is 10.1 Å². The first-order chi connectivity index (χ1) is 9.99.